The van der Waals surface area contributed by atoms with Crippen LogP contribution in [0.2, 0.25) is 0 Å². The van der Waals surface area contributed by atoms with Gasteiger partial charge in [0, 0.05) is 24.5 Å². The van der Waals surface area contributed by atoms with Gasteiger partial charge in [-0.3, -0.25) is 4.79 Å². The summed E-state index contributed by atoms with van der Waals surface area (Å²) >= 11 is 0. The van der Waals surface area contributed by atoms with Gasteiger partial charge in [0.1, 0.15) is 0 Å². The zero-order chi connectivity index (χ0) is 13.0. The molecule has 1 aliphatic heterocycles. The number of nitrogens with one attached hydrogen (secondary N) is 1. The fraction of sp³-hybridized carbons (Fsp3) is 0.615. The summed E-state index contributed by atoms with van der Waals surface area (Å²) in [4.78, 5) is 22.4. The third-order valence-electron chi connectivity index (χ3n) is 3.11. The highest BCUT2D eigenvalue weighted by Gasteiger charge is 2.17. The van der Waals surface area contributed by atoms with Crippen molar-refractivity contribution >= 4 is 5.91 Å². The monoisotopic (exact) mass is 248 g/mol. The molecular formula is C13H20N4O. The number of hydrogen-bond donors (Lipinski definition) is 1. The van der Waals surface area contributed by atoms with Crippen molar-refractivity contribution in [2.75, 3.05) is 19.6 Å². The summed E-state index contributed by atoms with van der Waals surface area (Å²) in [7, 11) is 0. The van der Waals surface area contributed by atoms with Crippen molar-refractivity contribution in [1.29, 1.82) is 0 Å². The zero-order valence-corrected chi connectivity index (χ0v) is 11.0. The van der Waals surface area contributed by atoms with Gasteiger partial charge in [0.2, 0.25) is 5.82 Å². The summed E-state index contributed by atoms with van der Waals surface area (Å²) in [6.45, 7) is 7.05. The number of amides is 1. The maximum atomic E-state index is 11.9. The summed E-state index contributed by atoms with van der Waals surface area (Å²) in [5.41, 5.74) is 0.808. The fourth-order valence-electron chi connectivity index (χ4n) is 2.24. The predicted octanol–water partition coefficient (Wildman–Crippen LogP) is 0.999. The molecule has 18 heavy (non-hydrogen) atoms. The number of carbonyl (C=O) groups is 1. The summed E-state index contributed by atoms with van der Waals surface area (Å²) in [5.74, 6) is 0.0636. The van der Waals surface area contributed by atoms with Crippen molar-refractivity contribution in [2.45, 2.75) is 32.7 Å². The van der Waals surface area contributed by atoms with E-state index >= 15 is 0 Å². The number of nitrogens with zero attached hydrogens (tertiary/aromatic N) is 3. The Morgan fingerprint density at radius 1 is 1.50 bits per heavy atom. The predicted molar refractivity (Wildman–Crippen MR) is 69.4 cm³/mol. The first kappa shape index (κ1) is 13.0. The molecule has 1 atom stereocenters. The number of aryl methyl sites for hydroxylation is 1. The third kappa shape index (κ3) is 3.50. The molecule has 1 N–H and O–H groups in total. The first-order chi connectivity index (χ1) is 8.65. The molecule has 1 aromatic heterocycles. The Kier molecular flexibility index (Phi) is 4.25. The van der Waals surface area contributed by atoms with Gasteiger partial charge in [0.15, 0.2) is 0 Å². The number of aromatic nitrogens is 2. The summed E-state index contributed by atoms with van der Waals surface area (Å²) in [6.07, 6.45) is 4.14. The van der Waals surface area contributed by atoms with Gasteiger partial charge >= 0.3 is 0 Å². The van der Waals surface area contributed by atoms with Gasteiger partial charge in [-0.15, -0.1) is 0 Å². The van der Waals surface area contributed by atoms with Gasteiger partial charge in [-0.25, -0.2) is 9.97 Å². The number of likely N-dealkylation sites (tertiary alicyclic amines) is 1. The fourth-order valence-corrected chi connectivity index (χ4v) is 2.24. The van der Waals surface area contributed by atoms with Gasteiger partial charge < -0.3 is 10.2 Å². The number of carbonyl (C=O) groups excluding carboxylic acids is 1. The van der Waals surface area contributed by atoms with Crippen molar-refractivity contribution in [3.05, 3.63) is 23.8 Å². The first-order valence-electron chi connectivity index (χ1n) is 6.48. The van der Waals surface area contributed by atoms with Gasteiger partial charge in [-0.2, -0.15) is 0 Å². The van der Waals surface area contributed by atoms with Gasteiger partial charge in [0.05, 0.1) is 0 Å². The molecule has 1 saturated heterocycles. The van der Waals surface area contributed by atoms with Crippen LogP contribution in [0.15, 0.2) is 12.3 Å². The van der Waals surface area contributed by atoms with Crippen molar-refractivity contribution < 1.29 is 4.79 Å². The van der Waals surface area contributed by atoms with Crippen LogP contribution in [-0.2, 0) is 0 Å². The smallest absolute Gasteiger partial charge is 0.289 e. The Morgan fingerprint density at radius 3 is 2.89 bits per heavy atom. The van der Waals surface area contributed by atoms with Crippen LogP contribution in [0.5, 0.6) is 0 Å². The molecule has 5 nitrogen and oxygen atoms in total. The second kappa shape index (κ2) is 5.91. The third-order valence-corrected chi connectivity index (χ3v) is 3.11. The van der Waals surface area contributed by atoms with Crippen LogP contribution in [0.4, 0.5) is 0 Å². The molecule has 2 rings (SSSR count). The molecule has 0 spiro atoms. The molecule has 0 saturated carbocycles. The molecule has 2 heterocycles. The van der Waals surface area contributed by atoms with Crippen LogP contribution in [0, 0.1) is 6.92 Å². The maximum Gasteiger partial charge on any atom is 0.289 e. The van der Waals surface area contributed by atoms with E-state index in [0.717, 1.165) is 25.3 Å². The van der Waals surface area contributed by atoms with Crippen LogP contribution in [0.1, 0.15) is 36.1 Å². The summed E-state index contributed by atoms with van der Waals surface area (Å²) < 4.78 is 0. The standard InChI is InChI=1S/C13H20N4O/c1-10-5-6-14-12(15-10)13(18)16-11(2)9-17-7-3-4-8-17/h5-6,11H,3-4,7-9H2,1-2H3,(H,16,18). The second-order valence-electron chi connectivity index (χ2n) is 4.90. The molecule has 1 aliphatic rings. The van der Waals surface area contributed by atoms with E-state index in [2.05, 4.69) is 20.2 Å². The maximum absolute atomic E-state index is 11.9. The highest BCUT2D eigenvalue weighted by molar-refractivity contribution is 5.90. The Hall–Kier alpha value is -1.49. The van der Waals surface area contributed by atoms with Crippen LogP contribution < -0.4 is 5.32 Å². The van der Waals surface area contributed by atoms with E-state index in [-0.39, 0.29) is 17.8 Å². The molecule has 1 unspecified atom stereocenters. The van der Waals surface area contributed by atoms with Crippen LogP contribution in [-0.4, -0.2) is 46.5 Å². The van der Waals surface area contributed by atoms with E-state index in [1.807, 2.05) is 13.8 Å². The minimum Gasteiger partial charge on any atom is -0.346 e. The van der Waals surface area contributed by atoms with E-state index in [9.17, 15) is 4.79 Å². The average Bonchev–Trinajstić information content (AvgIpc) is 2.81. The van der Waals surface area contributed by atoms with E-state index in [0.29, 0.717) is 0 Å². The largest absolute Gasteiger partial charge is 0.346 e. The van der Waals surface area contributed by atoms with Gasteiger partial charge in [-0.1, -0.05) is 0 Å². The number of hydrogen-bond acceptors (Lipinski definition) is 4. The topological polar surface area (TPSA) is 58.1 Å². The molecule has 1 amide bonds. The van der Waals surface area contributed by atoms with Crippen LogP contribution >= 0.6 is 0 Å². The van der Waals surface area contributed by atoms with Crippen molar-refractivity contribution in [2.24, 2.45) is 0 Å². The highest BCUT2D eigenvalue weighted by atomic mass is 16.2. The number of rotatable bonds is 4. The van der Waals surface area contributed by atoms with E-state index in [4.69, 9.17) is 0 Å². The summed E-state index contributed by atoms with van der Waals surface area (Å²) in [5, 5.41) is 2.94. The van der Waals surface area contributed by atoms with Crippen molar-refractivity contribution in [1.82, 2.24) is 20.2 Å². The quantitative estimate of drug-likeness (QED) is 0.863. The first-order valence-corrected chi connectivity index (χ1v) is 6.48. The van der Waals surface area contributed by atoms with E-state index in [1.165, 1.54) is 12.8 Å². The molecule has 0 radical (unpaired) electrons. The second-order valence-corrected chi connectivity index (χ2v) is 4.90. The Labute approximate surface area is 108 Å². The molecule has 0 bridgehead atoms. The Morgan fingerprint density at radius 2 is 2.22 bits per heavy atom. The lowest BCUT2D eigenvalue weighted by atomic mass is 10.3. The van der Waals surface area contributed by atoms with Gasteiger partial charge in [0.25, 0.3) is 5.91 Å². The molecule has 0 aromatic carbocycles. The highest BCUT2D eigenvalue weighted by Crippen LogP contribution is 2.07. The lowest BCUT2D eigenvalue weighted by molar-refractivity contribution is 0.0921. The minimum absolute atomic E-state index is 0.125. The summed E-state index contributed by atoms with van der Waals surface area (Å²) in [6, 6.07) is 1.91. The van der Waals surface area contributed by atoms with Crippen LogP contribution in [0.3, 0.4) is 0 Å². The molecular weight excluding hydrogens is 228 g/mol. The van der Waals surface area contributed by atoms with Gasteiger partial charge in [-0.05, 0) is 45.8 Å². The zero-order valence-electron chi connectivity index (χ0n) is 11.0. The average molecular weight is 248 g/mol. The SMILES string of the molecule is Cc1ccnc(C(=O)NC(C)CN2CCCC2)n1. The molecule has 1 aromatic rings. The van der Waals surface area contributed by atoms with E-state index < -0.39 is 0 Å². The normalized spacial score (nSPS) is 17.7. The lowest BCUT2D eigenvalue weighted by Crippen LogP contribution is -2.41. The molecule has 0 aliphatic carbocycles. The van der Waals surface area contributed by atoms with E-state index in [1.54, 1.807) is 12.3 Å². The molecule has 1 fully saturated rings. The van der Waals surface area contributed by atoms with Crippen LogP contribution in [0.25, 0.3) is 0 Å². The lowest BCUT2D eigenvalue weighted by Gasteiger charge is -2.20. The molecule has 98 valence electrons. The Balaban J connectivity index is 1.86. The Bertz CT molecular complexity index is 415. The minimum atomic E-state index is -0.189. The molecule has 5 heteroatoms. The van der Waals surface area contributed by atoms with Crippen molar-refractivity contribution in [3.63, 3.8) is 0 Å². The van der Waals surface area contributed by atoms with Crippen molar-refractivity contribution in [3.8, 4) is 0 Å².